The maximum Gasteiger partial charge on any atom is 0.223 e. The molecule has 0 spiro atoms. The van der Waals surface area contributed by atoms with E-state index < -0.39 is 0 Å². The van der Waals surface area contributed by atoms with E-state index in [2.05, 4.69) is 12.2 Å². The number of nitrogens with one attached hydrogen (secondary N) is 1. The van der Waals surface area contributed by atoms with Crippen molar-refractivity contribution in [1.82, 2.24) is 5.32 Å². The molecule has 0 heterocycles. The van der Waals surface area contributed by atoms with Gasteiger partial charge in [-0.2, -0.15) is 0 Å². The molecule has 1 fully saturated rings. The van der Waals surface area contributed by atoms with E-state index in [4.69, 9.17) is 10.5 Å². The predicted octanol–water partition coefficient (Wildman–Crippen LogP) is 3.03. The molecule has 22 heavy (non-hydrogen) atoms. The third kappa shape index (κ3) is 4.23. The smallest absolute Gasteiger partial charge is 0.223 e. The number of carbonyl (C=O) groups excluding carboxylic acids is 1. The minimum absolute atomic E-state index is 0.00625. The second-order valence-corrected chi connectivity index (χ2v) is 6.18. The highest BCUT2D eigenvalue weighted by Gasteiger charge is 2.32. The highest BCUT2D eigenvalue weighted by Crippen LogP contribution is 2.31. The minimum Gasteiger partial charge on any atom is -0.494 e. The largest absolute Gasteiger partial charge is 0.494 e. The van der Waals surface area contributed by atoms with Gasteiger partial charge in [-0.3, -0.25) is 4.79 Å². The van der Waals surface area contributed by atoms with Crippen LogP contribution < -0.4 is 15.8 Å². The Kier molecular flexibility index (Phi) is 6.25. The van der Waals surface area contributed by atoms with Gasteiger partial charge in [-0.15, -0.1) is 0 Å². The van der Waals surface area contributed by atoms with E-state index in [9.17, 15) is 4.79 Å². The van der Waals surface area contributed by atoms with Crippen molar-refractivity contribution in [3.8, 4) is 5.75 Å². The molecule has 4 heteroatoms. The normalized spacial score (nSPS) is 22.3. The van der Waals surface area contributed by atoms with Gasteiger partial charge in [0.15, 0.2) is 0 Å². The number of rotatable bonds is 7. The van der Waals surface area contributed by atoms with Gasteiger partial charge < -0.3 is 15.8 Å². The van der Waals surface area contributed by atoms with Crippen LogP contribution in [0.2, 0.25) is 0 Å². The van der Waals surface area contributed by atoms with Crippen LogP contribution in [-0.2, 0) is 4.79 Å². The molecule has 2 rings (SSSR count). The zero-order valence-corrected chi connectivity index (χ0v) is 13.7. The first-order valence-electron chi connectivity index (χ1n) is 8.39. The summed E-state index contributed by atoms with van der Waals surface area (Å²) in [6.07, 6.45) is 4.15. The molecule has 0 aromatic heterocycles. The Morgan fingerprint density at radius 1 is 1.36 bits per heavy atom. The topological polar surface area (TPSA) is 64.3 Å². The molecular weight excluding hydrogens is 276 g/mol. The van der Waals surface area contributed by atoms with Crippen molar-refractivity contribution in [1.29, 1.82) is 0 Å². The SMILES string of the molecule is CCCOc1ccc(C(C)NC(=O)[C@@H]2CCC[C@@H]2CN)cc1. The van der Waals surface area contributed by atoms with Gasteiger partial charge in [0.25, 0.3) is 0 Å². The molecular formula is C18H28N2O2. The molecule has 1 unspecified atom stereocenters. The fourth-order valence-electron chi connectivity index (χ4n) is 3.14. The molecule has 1 aromatic carbocycles. The van der Waals surface area contributed by atoms with E-state index in [0.717, 1.165) is 43.6 Å². The van der Waals surface area contributed by atoms with E-state index in [1.54, 1.807) is 0 Å². The van der Waals surface area contributed by atoms with Gasteiger partial charge in [-0.1, -0.05) is 25.5 Å². The first-order chi connectivity index (χ1) is 10.7. The summed E-state index contributed by atoms with van der Waals surface area (Å²) in [4.78, 5) is 12.4. The van der Waals surface area contributed by atoms with E-state index in [-0.39, 0.29) is 17.9 Å². The number of amides is 1. The minimum atomic E-state index is 0.00625. The average Bonchev–Trinajstić information content (AvgIpc) is 3.02. The highest BCUT2D eigenvalue weighted by molar-refractivity contribution is 5.79. The van der Waals surface area contributed by atoms with Crippen LogP contribution in [0, 0.1) is 11.8 Å². The Balaban J connectivity index is 1.91. The molecule has 0 saturated heterocycles. The zero-order chi connectivity index (χ0) is 15.9. The van der Waals surface area contributed by atoms with Crippen LogP contribution in [0.3, 0.4) is 0 Å². The van der Waals surface area contributed by atoms with Gasteiger partial charge >= 0.3 is 0 Å². The lowest BCUT2D eigenvalue weighted by atomic mass is 9.94. The van der Waals surface area contributed by atoms with Crippen LogP contribution in [-0.4, -0.2) is 19.1 Å². The molecule has 0 radical (unpaired) electrons. The Labute approximate surface area is 133 Å². The molecule has 1 aromatic rings. The van der Waals surface area contributed by atoms with Crippen LogP contribution in [0.4, 0.5) is 0 Å². The lowest BCUT2D eigenvalue weighted by Crippen LogP contribution is -2.36. The van der Waals surface area contributed by atoms with Gasteiger partial charge in [0.05, 0.1) is 12.6 Å². The second-order valence-electron chi connectivity index (χ2n) is 6.18. The van der Waals surface area contributed by atoms with Gasteiger partial charge in [0.1, 0.15) is 5.75 Å². The van der Waals surface area contributed by atoms with Crippen molar-refractivity contribution >= 4 is 5.91 Å². The Bertz CT molecular complexity index is 472. The van der Waals surface area contributed by atoms with E-state index >= 15 is 0 Å². The third-order valence-electron chi connectivity index (χ3n) is 4.51. The van der Waals surface area contributed by atoms with Crippen LogP contribution in [0.1, 0.15) is 51.1 Å². The molecule has 1 aliphatic carbocycles. The van der Waals surface area contributed by atoms with Gasteiger partial charge in [0.2, 0.25) is 5.91 Å². The summed E-state index contributed by atoms with van der Waals surface area (Å²) in [7, 11) is 0. The summed E-state index contributed by atoms with van der Waals surface area (Å²) in [5.41, 5.74) is 6.86. The molecule has 1 amide bonds. The summed E-state index contributed by atoms with van der Waals surface area (Å²) in [6.45, 7) is 5.44. The molecule has 4 nitrogen and oxygen atoms in total. The number of benzene rings is 1. The zero-order valence-electron chi connectivity index (χ0n) is 13.7. The molecule has 0 aliphatic heterocycles. The maximum absolute atomic E-state index is 12.4. The molecule has 1 saturated carbocycles. The van der Waals surface area contributed by atoms with Gasteiger partial charge in [0, 0.05) is 5.92 Å². The molecule has 1 aliphatic rings. The van der Waals surface area contributed by atoms with Crippen LogP contribution >= 0.6 is 0 Å². The monoisotopic (exact) mass is 304 g/mol. The van der Waals surface area contributed by atoms with Crippen molar-refractivity contribution < 1.29 is 9.53 Å². The lowest BCUT2D eigenvalue weighted by Gasteiger charge is -2.21. The van der Waals surface area contributed by atoms with E-state index in [1.807, 2.05) is 31.2 Å². The van der Waals surface area contributed by atoms with Crippen LogP contribution in [0.15, 0.2) is 24.3 Å². The number of ether oxygens (including phenoxy) is 1. The van der Waals surface area contributed by atoms with E-state index in [0.29, 0.717) is 12.5 Å². The summed E-state index contributed by atoms with van der Waals surface area (Å²) >= 11 is 0. The summed E-state index contributed by atoms with van der Waals surface area (Å²) < 4.78 is 5.58. The molecule has 3 atom stereocenters. The molecule has 3 N–H and O–H groups in total. The predicted molar refractivity (Wildman–Crippen MR) is 88.7 cm³/mol. The third-order valence-corrected chi connectivity index (χ3v) is 4.51. The first kappa shape index (κ1) is 16.8. The quantitative estimate of drug-likeness (QED) is 0.814. The number of nitrogens with two attached hydrogens (primary N) is 1. The number of hydrogen-bond donors (Lipinski definition) is 2. The fraction of sp³-hybridized carbons (Fsp3) is 0.611. The van der Waals surface area contributed by atoms with Crippen molar-refractivity contribution in [2.45, 2.75) is 45.6 Å². The Morgan fingerprint density at radius 2 is 2.09 bits per heavy atom. The standard InChI is InChI=1S/C18H28N2O2/c1-3-11-22-16-9-7-14(8-10-16)13(2)20-18(21)17-6-4-5-15(17)12-19/h7-10,13,15,17H,3-6,11-12,19H2,1-2H3,(H,20,21)/t13?,15-,17-/m1/s1. The second kappa shape index (κ2) is 8.18. The fourth-order valence-corrected chi connectivity index (χ4v) is 3.14. The Hall–Kier alpha value is -1.55. The highest BCUT2D eigenvalue weighted by atomic mass is 16.5. The van der Waals surface area contributed by atoms with Crippen molar-refractivity contribution in [3.63, 3.8) is 0 Å². The van der Waals surface area contributed by atoms with Gasteiger partial charge in [-0.05, 0) is 56.3 Å². The summed E-state index contributed by atoms with van der Waals surface area (Å²) in [5.74, 6) is 1.45. The van der Waals surface area contributed by atoms with Crippen molar-refractivity contribution in [3.05, 3.63) is 29.8 Å². The van der Waals surface area contributed by atoms with Gasteiger partial charge in [-0.25, -0.2) is 0 Å². The first-order valence-corrected chi connectivity index (χ1v) is 8.39. The Morgan fingerprint density at radius 3 is 2.73 bits per heavy atom. The molecule has 122 valence electrons. The van der Waals surface area contributed by atoms with E-state index in [1.165, 1.54) is 0 Å². The number of carbonyl (C=O) groups is 1. The van der Waals surface area contributed by atoms with Crippen LogP contribution in [0.5, 0.6) is 5.75 Å². The average molecular weight is 304 g/mol. The number of hydrogen-bond acceptors (Lipinski definition) is 3. The summed E-state index contributed by atoms with van der Waals surface area (Å²) in [6, 6.07) is 7.97. The van der Waals surface area contributed by atoms with Crippen molar-refractivity contribution in [2.24, 2.45) is 17.6 Å². The maximum atomic E-state index is 12.4. The van der Waals surface area contributed by atoms with Crippen molar-refractivity contribution in [2.75, 3.05) is 13.2 Å². The lowest BCUT2D eigenvalue weighted by molar-refractivity contribution is -0.126. The molecule has 0 bridgehead atoms. The summed E-state index contributed by atoms with van der Waals surface area (Å²) in [5, 5.41) is 3.13. The van der Waals surface area contributed by atoms with Crippen LogP contribution in [0.25, 0.3) is 0 Å².